The minimum absolute atomic E-state index is 0.178. The normalized spacial score (nSPS) is 10.4. The lowest BCUT2D eigenvalue weighted by Crippen LogP contribution is -2.15. The van der Waals surface area contributed by atoms with Crippen LogP contribution in [-0.2, 0) is 5.75 Å². The van der Waals surface area contributed by atoms with Crippen molar-refractivity contribution in [2.45, 2.75) is 5.75 Å². The van der Waals surface area contributed by atoms with Gasteiger partial charge in [0, 0.05) is 22.6 Å². The van der Waals surface area contributed by atoms with Gasteiger partial charge in [0.2, 0.25) is 0 Å². The fraction of sp³-hybridized carbons (Fsp3) is 0.130. The SMILES string of the molecule is COc1ccc(NC(=O)c2ccc(CSC)cc2)cc1NC(=O)c1cccc(F)c1. The van der Waals surface area contributed by atoms with Crippen molar-refractivity contribution in [2.75, 3.05) is 24.0 Å². The van der Waals surface area contributed by atoms with Gasteiger partial charge in [-0.05, 0) is 60.4 Å². The molecular formula is C23H21FN2O3S. The Morgan fingerprint density at radius 3 is 2.33 bits per heavy atom. The number of amides is 2. The number of carbonyl (C=O) groups is 2. The number of nitrogens with one attached hydrogen (secondary N) is 2. The number of ether oxygens (including phenoxy) is 1. The zero-order chi connectivity index (χ0) is 21.5. The Hall–Kier alpha value is -3.32. The molecule has 3 rings (SSSR count). The summed E-state index contributed by atoms with van der Waals surface area (Å²) < 4.78 is 18.7. The van der Waals surface area contributed by atoms with Gasteiger partial charge in [-0.15, -0.1) is 0 Å². The minimum atomic E-state index is -0.501. The molecule has 0 fully saturated rings. The van der Waals surface area contributed by atoms with Gasteiger partial charge in [-0.3, -0.25) is 9.59 Å². The molecule has 154 valence electrons. The van der Waals surface area contributed by atoms with E-state index >= 15 is 0 Å². The van der Waals surface area contributed by atoms with Crippen LogP contribution >= 0.6 is 11.8 Å². The van der Waals surface area contributed by atoms with E-state index in [9.17, 15) is 14.0 Å². The maximum Gasteiger partial charge on any atom is 0.255 e. The number of halogens is 1. The molecule has 0 atom stereocenters. The number of rotatable bonds is 7. The standard InChI is InChI=1S/C23H21FN2O3S/c1-29-21-11-10-19(25-22(27)16-8-6-15(7-9-16)14-30-2)13-20(21)26-23(28)17-4-3-5-18(24)12-17/h3-13H,14H2,1-2H3,(H,25,27)(H,26,28). The van der Waals surface area contributed by atoms with Crippen LogP contribution in [-0.4, -0.2) is 25.2 Å². The van der Waals surface area contributed by atoms with Gasteiger partial charge in [-0.2, -0.15) is 11.8 Å². The van der Waals surface area contributed by atoms with Crippen molar-refractivity contribution in [1.82, 2.24) is 0 Å². The first-order chi connectivity index (χ1) is 14.5. The van der Waals surface area contributed by atoms with Gasteiger partial charge in [0.1, 0.15) is 11.6 Å². The van der Waals surface area contributed by atoms with E-state index in [2.05, 4.69) is 10.6 Å². The lowest BCUT2D eigenvalue weighted by molar-refractivity contribution is 0.101. The highest BCUT2D eigenvalue weighted by molar-refractivity contribution is 7.97. The maximum atomic E-state index is 13.4. The van der Waals surface area contributed by atoms with E-state index in [1.165, 1.54) is 25.3 Å². The zero-order valence-electron chi connectivity index (χ0n) is 16.6. The predicted octanol–water partition coefficient (Wildman–Crippen LogP) is 5.20. The van der Waals surface area contributed by atoms with E-state index in [0.29, 0.717) is 22.7 Å². The third-order valence-electron chi connectivity index (χ3n) is 4.32. The molecule has 0 saturated heterocycles. The minimum Gasteiger partial charge on any atom is -0.495 e. The third kappa shape index (κ3) is 5.39. The quantitative estimate of drug-likeness (QED) is 0.547. The first kappa shape index (κ1) is 21.4. The summed E-state index contributed by atoms with van der Waals surface area (Å²) in [7, 11) is 1.47. The average molecular weight is 424 g/mol. The summed E-state index contributed by atoms with van der Waals surface area (Å²) in [6, 6.07) is 17.7. The molecule has 7 heteroatoms. The van der Waals surface area contributed by atoms with E-state index < -0.39 is 11.7 Å². The molecule has 0 spiro atoms. The largest absolute Gasteiger partial charge is 0.495 e. The van der Waals surface area contributed by atoms with Crippen LogP contribution in [0.15, 0.2) is 66.7 Å². The highest BCUT2D eigenvalue weighted by Gasteiger charge is 2.13. The van der Waals surface area contributed by atoms with Crippen LogP contribution in [0.4, 0.5) is 15.8 Å². The molecule has 0 aliphatic carbocycles. The van der Waals surface area contributed by atoms with Crippen molar-refractivity contribution in [3.05, 3.63) is 89.2 Å². The van der Waals surface area contributed by atoms with Crippen LogP contribution in [0.3, 0.4) is 0 Å². The summed E-state index contributed by atoms with van der Waals surface area (Å²) in [6.45, 7) is 0. The van der Waals surface area contributed by atoms with Crippen molar-refractivity contribution < 1.29 is 18.7 Å². The monoisotopic (exact) mass is 424 g/mol. The molecule has 5 nitrogen and oxygen atoms in total. The van der Waals surface area contributed by atoms with Gasteiger partial charge in [-0.25, -0.2) is 4.39 Å². The number of hydrogen-bond donors (Lipinski definition) is 2. The lowest BCUT2D eigenvalue weighted by atomic mass is 10.1. The summed E-state index contributed by atoms with van der Waals surface area (Å²) in [5.41, 5.74) is 2.70. The van der Waals surface area contributed by atoms with Crippen molar-refractivity contribution in [3.63, 3.8) is 0 Å². The third-order valence-corrected chi connectivity index (χ3v) is 4.94. The summed E-state index contributed by atoms with van der Waals surface area (Å²) in [4.78, 5) is 25.0. The first-order valence-electron chi connectivity index (χ1n) is 9.14. The lowest BCUT2D eigenvalue weighted by Gasteiger charge is -2.13. The van der Waals surface area contributed by atoms with Crippen LogP contribution in [0.2, 0.25) is 0 Å². The highest BCUT2D eigenvalue weighted by Crippen LogP contribution is 2.28. The number of hydrogen-bond acceptors (Lipinski definition) is 4. The molecule has 2 amide bonds. The Kier molecular flexibility index (Phi) is 7.08. The van der Waals surface area contributed by atoms with Crippen LogP contribution in [0.5, 0.6) is 5.75 Å². The molecule has 0 aromatic heterocycles. The van der Waals surface area contributed by atoms with Crippen molar-refractivity contribution in [1.29, 1.82) is 0 Å². The average Bonchev–Trinajstić information content (AvgIpc) is 2.74. The molecule has 0 aliphatic heterocycles. The van der Waals surface area contributed by atoms with Gasteiger partial charge in [0.15, 0.2) is 0 Å². The number of methoxy groups -OCH3 is 1. The Bertz CT molecular complexity index is 1050. The van der Waals surface area contributed by atoms with Crippen LogP contribution in [0.1, 0.15) is 26.3 Å². The summed E-state index contributed by atoms with van der Waals surface area (Å²) >= 11 is 1.71. The second-order valence-corrected chi connectivity index (χ2v) is 7.33. The second-order valence-electron chi connectivity index (χ2n) is 6.46. The summed E-state index contributed by atoms with van der Waals surface area (Å²) in [5.74, 6) is 0.0478. The molecule has 0 radical (unpaired) electrons. The smallest absolute Gasteiger partial charge is 0.255 e. The van der Waals surface area contributed by atoms with Crippen LogP contribution < -0.4 is 15.4 Å². The van der Waals surface area contributed by atoms with Crippen LogP contribution in [0, 0.1) is 5.82 Å². The molecule has 0 bridgehead atoms. The van der Waals surface area contributed by atoms with Crippen LogP contribution in [0.25, 0.3) is 0 Å². The maximum absolute atomic E-state index is 13.4. The van der Waals surface area contributed by atoms with Gasteiger partial charge in [0.25, 0.3) is 11.8 Å². The first-order valence-corrected chi connectivity index (χ1v) is 10.5. The zero-order valence-corrected chi connectivity index (χ0v) is 17.4. The molecule has 0 heterocycles. The fourth-order valence-electron chi connectivity index (χ4n) is 2.83. The number of thioether (sulfide) groups is 1. The Morgan fingerprint density at radius 2 is 1.67 bits per heavy atom. The fourth-order valence-corrected chi connectivity index (χ4v) is 3.36. The molecule has 3 aromatic carbocycles. The molecule has 2 N–H and O–H groups in total. The van der Waals surface area contributed by atoms with Crippen molar-refractivity contribution in [2.24, 2.45) is 0 Å². The highest BCUT2D eigenvalue weighted by atomic mass is 32.2. The van der Waals surface area contributed by atoms with E-state index in [0.717, 1.165) is 17.4 Å². The molecule has 0 saturated carbocycles. The summed E-state index contributed by atoms with van der Waals surface area (Å²) in [6.07, 6.45) is 2.02. The molecule has 3 aromatic rings. The Labute approximate surface area is 178 Å². The van der Waals surface area contributed by atoms with E-state index in [1.807, 2.05) is 18.4 Å². The van der Waals surface area contributed by atoms with Gasteiger partial charge < -0.3 is 15.4 Å². The van der Waals surface area contributed by atoms with Gasteiger partial charge >= 0.3 is 0 Å². The summed E-state index contributed by atoms with van der Waals surface area (Å²) in [5, 5.41) is 5.51. The number of anilines is 2. The predicted molar refractivity (Wildman–Crippen MR) is 119 cm³/mol. The van der Waals surface area contributed by atoms with Crippen molar-refractivity contribution >= 4 is 35.0 Å². The van der Waals surface area contributed by atoms with E-state index in [-0.39, 0.29) is 11.5 Å². The van der Waals surface area contributed by atoms with Gasteiger partial charge in [0.05, 0.1) is 12.8 Å². The van der Waals surface area contributed by atoms with Gasteiger partial charge in [-0.1, -0.05) is 18.2 Å². The topological polar surface area (TPSA) is 67.4 Å². The molecule has 0 aliphatic rings. The number of benzene rings is 3. The number of carbonyl (C=O) groups excluding carboxylic acids is 2. The second kappa shape index (κ2) is 9.93. The molecular weight excluding hydrogens is 403 g/mol. The Morgan fingerprint density at radius 1 is 0.933 bits per heavy atom. The van der Waals surface area contributed by atoms with E-state index in [4.69, 9.17) is 4.74 Å². The van der Waals surface area contributed by atoms with E-state index in [1.54, 1.807) is 42.1 Å². The Balaban J connectivity index is 1.76. The molecule has 30 heavy (non-hydrogen) atoms. The van der Waals surface area contributed by atoms with Crippen molar-refractivity contribution in [3.8, 4) is 5.75 Å². The molecule has 0 unspecified atom stereocenters.